The van der Waals surface area contributed by atoms with Crippen molar-refractivity contribution >= 4 is 63.4 Å². The Morgan fingerprint density at radius 3 is 2.22 bits per heavy atom. The van der Waals surface area contributed by atoms with Crippen LogP contribution >= 0.6 is 34.8 Å². The maximum Gasteiger partial charge on any atom is 0.338 e. The van der Waals surface area contributed by atoms with Crippen LogP contribution in [0, 0.1) is 0 Å². The molecule has 0 radical (unpaired) electrons. The Kier molecular flexibility index (Phi) is 7.28. The quantitative estimate of drug-likeness (QED) is 0.315. The lowest BCUT2D eigenvalue weighted by Gasteiger charge is -2.15. The summed E-state index contributed by atoms with van der Waals surface area (Å²) in [6.07, 6.45) is 0. The van der Waals surface area contributed by atoms with Crippen LogP contribution in [0.25, 0.3) is 11.0 Å². The van der Waals surface area contributed by atoms with Crippen LogP contribution in [0.5, 0.6) is 0 Å². The number of benzene rings is 2. The number of hydrogen-bond donors (Lipinski definition) is 1. The van der Waals surface area contributed by atoms with Crippen LogP contribution in [0.15, 0.2) is 39.9 Å². The molecule has 8 nitrogen and oxygen atoms in total. The fourth-order valence-electron chi connectivity index (χ4n) is 3.18. The summed E-state index contributed by atoms with van der Waals surface area (Å²) in [5.41, 5.74) is -0.692. The molecule has 168 valence electrons. The molecule has 0 aliphatic carbocycles. The number of aryl methyl sites for hydroxylation is 1. The summed E-state index contributed by atoms with van der Waals surface area (Å²) in [7, 11) is 0. The molecule has 0 aliphatic rings. The highest BCUT2D eigenvalue weighted by atomic mass is 35.5. The largest absolute Gasteiger partial charge is 0.462 e. The van der Waals surface area contributed by atoms with Crippen LogP contribution in [0.3, 0.4) is 0 Å². The van der Waals surface area contributed by atoms with Crippen LogP contribution in [-0.4, -0.2) is 27.6 Å². The van der Waals surface area contributed by atoms with Gasteiger partial charge in [0.15, 0.2) is 0 Å². The van der Waals surface area contributed by atoms with Gasteiger partial charge in [0.05, 0.1) is 44.0 Å². The summed E-state index contributed by atoms with van der Waals surface area (Å²) >= 11 is 18.0. The number of nitrogens with zero attached hydrogens (tertiary/aromatic N) is 2. The van der Waals surface area contributed by atoms with Crippen molar-refractivity contribution in [3.8, 4) is 0 Å². The molecule has 3 rings (SSSR count). The van der Waals surface area contributed by atoms with Gasteiger partial charge in [-0.05, 0) is 44.2 Å². The number of nitrogens with one attached hydrogen (secondary N) is 1. The van der Waals surface area contributed by atoms with Crippen molar-refractivity contribution in [1.82, 2.24) is 9.13 Å². The predicted octanol–water partition coefficient (Wildman–Crippen LogP) is 3.96. The van der Waals surface area contributed by atoms with E-state index < -0.39 is 29.5 Å². The van der Waals surface area contributed by atoms with Gasteiger partial charge in [0.2, 0.25) is 5.91 Å². The first-order chi connectivity index (χ1) is 15.2. The van der Waals surface area contributed by atoms with Gasteiger partial charge in [-0.1, -0.05) is 34.8 Å². The van der Waals surface area contributed by atoms with E-state index in [1.807, 2.05) is 0 Å². The van der Waals surface area contributed by atoms with Crippen LogP contribution in [0.1, 0.15) is 24.2 Å². The summed E-state index contributed by atoms with van der Waals surface area (Å²) in [6, 6.07) is 7.20. The Bertz CT molecular complexity index is 1350. The van der Waals surface area contributed by atoms with Crippen LogP contribution < -0.4 is 16.4 Å². The standard InChI is InChI=1S/C21H18Cl3N3O5/c1-3-26-16-6-5-11(21(31)32-4-2)7-17(16)27(20(30)19(26)29)10-18(28)25-15-9-13(23)12(22)8-14(15)24/h5-9H,3-4,10H2,1-2H3,(H,25,28). The van der Waals surface area contributed by atoms with E-state index in [0.717, 1.165) is 4.57 Å². The summed E-state index contributed by atoms with van der Waals surface area (Å²) in [4.78, 5) is 50.3. The Labute approximate surface area is 197 Å². The second kappa shape index (κ2) is 9.77. The van der Waals surface area contributed by atoms with E-state index in [1.165, 1.54) is 34.9 Å². The van der Waals surface area contributed by atoms with E-state index in [2.05, 4.69) is 5.32 Å². The van der Waals surface area contributed by atoms with Crippen LogP contribution in [0.2, 0.25) is 15.1 Å². The lowest BCUT2D eigenvalue weighted by molar-refractivity contribution is -0.116. The Balaban J connectivity index is 2.09. The zero-order valence-corrected chi connectivity index (χ0v) is 19.3. The molecule has 0 bridgehead atoms. The molecule has 0 aliphatic heterocycles. The summed E-state index contributed by atoms with van der Waals surface area (Å²) in [6.45, 7) is 3.28. The number of halogens is 3. The number of esters is 1. The van der Waals surface area contributed by atoms with Gasteiger partial charge in [-0.2, -0.15) is 0 Å². The monoisotopic (exact) mass is 497 g/mol. The van der Waals surface area contributed by atoms with Crippen molar-refractivity contribution < 1.29 is 14.3 Å². The molecule has 32 heavy (non-hydrogen) atoms. The third-order valence-electron chi connectivity index (χ3n) is 4.64. The predicted molar refractivity (Wildman–Crippen MR) is 124 cm³/mol. The molecule has 2 aromatic carbocycles. The fraction of sp³-hybridized carbons (Fsp3) is 0.238. The molecule has 0 spiro atoms. The van der Waals surface area contributed by atoms with Crippen molar-refractivity contribution in [2.45, 2.75) is 26.9 Å². The normalized spacial score (nSPS) is 10.9. The average molecular weight is 499 g/mol. The highest BCUT2D eigenvalue weighted by molar-refractivity contribution is 6.44. The fourth-order valence-corrected chi connectivity index (χ4v) is 3.78. The molecule has 0 fully saturated rings. The third kappa shape index (κ3) is 4.67. The molecule has 0 saturated carbocycles. The van der Waals surface area contributed by atoms with Gasteiger partial charge in [-0.15, -0.1) is 0 Å². The zero-order chi connectivity index (χ0) is 23.6. The van der Waals surface area contributed by atoms with Gasteiger partial charge in [0, 0.05) is 6.54 Å². The minimum absolute atomic E-state index is 0.149. The van der Waals surface area contributed by atoms with Crippen LogP contribution in [0.4, 0.5) is 5.69 Å². The molecule has 1 heterocycles. The SMILES string of the molecule is CCOC(=O)c1ccc2c(c1)n(CC(=O)Nc1cc(Cl)c(Cl)cc1Cl)c(=O)c(=O)n2CC. The molecular formula is C21H18Cl3N3O5. The second-order valence-electron chi connectivity index (χ2n) is 6.66. The molecule has 3 aromatic rings. The number of fused-ring (bicyclic) bond motifs is 1. The first-order valence-corrected chi connectivity index (χ1v) is 10.7. The number of ether oxygens (including phenoxy) is 1. The lowest BCUT2D eigenvalue weighted by atomic mass is 10.2. The van der Waals surface area contributed by atoms with Gasteiger partial charge < -0.3 is 14.6 Å². The Morgan fingerprint density at radius 2 is 1.56 bits per heavy atom. The first-order valence-electron chi connectivity index (χ1n) is 9.56. The smallest absolute Gasteiger partial charge is 0.338 e. The van der Waals surface area contributed by atoms with Crippen molar-refractivity contribution in [3.05, 3.63) is 71.7 Å². The van der Waals surface area contributed by atoms with Gasteiger partial charge in [-0.25, -0.2) is 4.79 Å². The van der Waals surface area contributed by atoms with E-state index in [0.29, 0.717) is 5.52 Å². The number of carbonyl (C=O) groups excluding carboxylic acids is 2. The van der Waals surface area contributed by atoms with Crippen molar-refractivity contribution in [3.63, 3.8) is 0 Å². The van der Waals surface area contributed by atoms with Gasteiger partial charge in [0.1, 0.15) is 6.54 Å². The summed E-state index contributed by atoms with van der Waals surface area (Å²) in [5.74, 6) is -1.22. The number of carbonyl (C=O) groups is 2. The number of rotatable bonds is 6. The number of anilines is 1. The number of amides is 1. The molecular weight excluding hydrogens is 481 g/mol. The van der Waals surface area contributed by atoms with Crippen molar-refractivity contribution in [2.24, 2.45) is 0 Å². The van der Waals surface area contributed by atoms with E-state index in [9.17, 15) is 19.2 Å². The molecule has 1 aromatic heterocycles. The molecule has 0 saturated heterocycles. The van der Waals surface area contributed by atoms with Crippen molar-refractivity contribution in [2.75, 3.05) is 11.9 Å². The average Bonchev–Trinajstić information content (AvgIpc) is 2.75. The van der Waals surface area contributed by atoms with Crippen molar-refractivity contribution in [1.29, 1.82) is 0 Å². The summed E-state index contributed by atoms with van der Waals surface area (Å²) in [5, 5.41) is 3.09. The number of aromatic nitrogens is 2. The molecule has 0 atom stereocenters. The second-order valence-corrected chi connectivity index (χ2v) is 7.88. The molecule has 1 N–H and O–H groups in total. The van der Waals surface area contributed by atoms with E-state index in [-0.39, 0.29) is 45.0 Å². The van der Waals surface area contributed by atoms with E-state index >= 15 is 0 Å². The van der Waals surface area contributed by atoms with Gasteiger partial charge in [-0.3, -0.25) is 19.0 Å². The third-order valence-corrected chi connectivity index (χ3v) is 5.68. The summed E-state index contributed by atoms with van der Waals surface area (Å²) < 4.78 is 7.29. The Hall–Kier alpha value is -2.81. The first kappa shape index (κ1) is 23.8. The van der Waals surface area contributed by atoms with E-state index in [4.69, 9.17) is 39.5 Å². The topological polar surface area (TPSA) is 99.4 Å². The lowest BCUT2D eigenvalue weighted by Crippen LogP contribution is -2.43. The van der Waals surface area contributed by atoms with Gasteiger partial charge >= 0.3 is 17.1 Å². The number of hydrogen-bond acceptors (Lipinski definition) is 5. The van der Waals surface area contributed by atoms with Crippen LogP contribution in [-0.2, 0) is 22.6 Å². The Morgan fingerprint density at radius 1 is 0.906 bits per heavy atom. The maximum atomic E-state index is 12.8. The maximum absolute atomic E-state index is 12.8. The minimum atomic E-state index is -0.907. The van der Waals surface area contributed by atoms with E-state index in [1.54, 1.807) is 13.8 Å². The highest BCUT2D eigenvalue weighted by Gasteiger charge is 2.18. The molecule has 0 unspecified atom stereocenters. The minimum Gasteiger partial charge on any atom is -0.462 e. The zero-order valence-electron chi connectivity index (χ0n) is 17.1. The molecule has 1 amide bonds. The molecule has 11 heteroatoms. The highest BCUT2D eigenvalue weighted by Crippen LogP contribution is 2.32. The van der Waals surface area contributed by atoms with Gasteiger partial charge in [0.25, 0.3) is 0 Å².